The maximum atomic E-state index is 8.55. The smallest absolute Gasteiger partial charge is 1.00 e. The molecule has 10 heteroatoms. The van der Waals surface area contributed by atoms with Gasteiger partial charge in [0.2, 0.25) is 0 Å². The summed E-state index contributed by atoms with van der Waals surface area (Å²) in [6.45, 7) is 0. The Balaban J connectivity index is -0.00000000381. The van der Waals surface area contributed by atoms with E-state index in [2.05, 4.69) is 0 Å². The van der Waals surface area contributed by atoms with Crippen LogP contribution in [0.3, 0.4) is 0 Å². The van der Waals surface area contributed by atoms with Crippen molar-refractivity contribution in [3.05, 3.63) is 0 Å². The number of hydrogen-bond donors (Lipinski definition) is 0. The maximum Gasteiger partial charge on any atom is 2.00 e. The van der Waals surface area contributed by atoms with Crippen molar-refractivity contribution in [1.82, 2.24) is 0 Å². The molecule has 2 N–H and O–H groups in total. The van der Waals surface area contributed by atoms with Crippen LogP contribution in [0.15, 0.2) is 0 Å². The fourth-order valence-corrected chi connectivity index (χ4v) is 0. The Kier molecular flexibility index (Phi) is 69.0. The van der Waals surface area contributed by atoms with Crippen LogP contribution in [0.1, 0.15) is 2.85 Å². The molecular formula is H4MgNa3O5P. The molecular weight excluding hydrogens is 204 g/mol. The zero-order valence-corrected chi connectivity index (χ0v) is 14.6. The minimum Gasteiger partial charge on any atom is -1.00 e. The third kappa shape index (κ3) is 94.4. The van der Waals surface area contributed by atoms with Gasteiger partial charge in [-0.1, -0.05) is 0 Å². The summed E-state index contributed by atoms with van der Waals surface area (Å²) < 4.78 is 8.55. The van der Waals surface area contributed by atoms with E-state index in [9.17, 15) is 0 Å². The molecule has 0 fully saturated rings. The van der Waals surface area contributed by atoms with Crippen LogP contribution in [0.2, 0.25) is 0 Å². The van der Waals surface area contributed by atoms with Crippen molar-refractivity contribution in [2.75, 3.05) is 0 Å². The molecule has 0 aromatic rings. The van der Waals surface area contributed by atoms with E-state index in [1.54, 1.807) is 0 Å². The zero-order valence-electron chi connectivity index (χ0n) is 8.29. The predicted molar refractivity (Wildman–Crippen MR) is 19.2 cm³/mol. The monoisotopic (exact) mass is 208 g/mol. The van der Waals surface area contributed by atoms with Crippen molar-refractivity contribution in [3.63, 3.8) is 0 Å². The summed E-state index contributed by atoms with van der Waals surface area (Å²) in [6.07, 6.45) is 0. The molecule has 0 unspecified atom stereocenters. The molecule has 0 saturated carbocycles. The van der Waals surface area contributed by atoms with Crippen LogP contribution in [-0.4, -0.2) is 28.5 Å². The molecule has 0 bridgehead atoms. The molecule has 0 saturated heterocycles. The van der Waals surface area contributed by atoms with E-state index in [1.807, 2.05) is 0 Å². The topological polar surface area (TPSA) is 118 Å². The third-order valence-corrected chi connectivity index (χ3v) is 0. The molecule has 5 nitrogen and oxygen atoms in total. The molecule has 0 aromatic heterocycles. The van der Waals surface area contributed by atoms with Gasteiger partial charge in [0, 0.05) is 0 Å². The van der Waals surface area contributed by atoms with Gasteiger partial charge in [-0.25, -0.2) is 0 Å². The average molecular weight is 208 g/mol. The summed E-state index contributed by atoms with van der Waals surface area (Å²) in [6, 6.07) is 0. The first-order valence-corrected chi connectivity index (χ1v) is 2.19. The summed E-state index contributed by atoms with van der Waals surface area (Å²) in [4.78, 5) is 25.6. The van der Waals surface area contributed by atoms with Crippen molar-refractivity contribution in [2.45, 2.75) is 0 Å². The summed E-state index contributed by atoms with van der Waals surface area (Å²) in [5, 5.41) is 0. The zero-order chi connectivity index (χ0) is 4.50. The third-order valence-electron chi connectivity index (χ3n) is 0. The van der Waals surface area contributed by atoms with Crippen molar-refractivity contribution in [3.8, 4) is 0 Å². The van der Waals surface area contributed by atoms with Gasteiger partial charge in [0.15, 0.2) is 0 Å². The molecule has 0 aromatic carbocycles. The molecule has 0 aliphatic rings. The van der Waals surface area contributed by atoms with Crippen LogP contribution in [0.4, 0.5) is 0 Å². The Bertz CT molecular complexity index is 70.8. The van der Waals surface area contributed by atoms with Gasteiger partial charge in [0.1, 0.15) is 0 Å². The quantitative estimate of drug-likeness (QED) is 0.290. The Morgan fingerprint density at radius 1 is 1.00 bits per heavy atom. The van der Waals surface area contributed by atoms with E-state index >= 15 is 0 Å². The molecule has 0 amide bonds. The van der Waals surface area contributed by atoms with Crippen molar-refractivity contribution >= 4 is 30.9 Å². The van der Waals surface area contributed by atoms with Gasteiger partial charge in [0.25, 0.3) is 0 Å². The second kappa shape index (κ2) is 18.6. The number of phosphoric acid groups is 1. The van der Waals surface area contributed by atoms with E-state index in [1.165, 1.54) is 0 Å². The first-order chi connectivity index (χ1) is 2.00. The molecule has 0 aliphatic heterocycles. The Morgan fingerprint density at radius 2 is 1.00 bits per heavy atom. The van der Waals surface area contributed by atoms with Gasteiger partial charge in [-0.15, -0.1) is 0 Å². The minimum atomic E-state index is -5.39. The normalized spacial score (nSPS) is 5.90. The first-order valence-electron chi connectivity index (χ1n) is 0.730. The molecule has 0 spiro atoms. The van der Waals surface area contributed by atoms with Gasteiger partial charge in [-0.2, -0.15) is 7.82 Å². The molecule has 44 valence electrons. The van der Waals surface area contributed by atoms with E-state index in [4.69, 9.17) is 19.2 Å². The molecule has 0 rings (SSSR count). The van der Waals surface area contributed by atoms with Crippen LogP contribution < -0.4 is 103 Å². The van der Waals surface area contributed by atoms with Crippen LogP contribution >= 0.6 is 7.82 Å². The number of hydrogen-bond acceptors (Lipinski definition) is 4. The summed E-state index contributed by atoms with van der Waals surface area (Å²) in [5.74, 6) is 0. The van der Waals surface area contributed by atoms with Gasteiger partial charge in [0.05, 0.1) is 0 Å². The van der Waals surface area contributed by atoms with E-state index in [0.717, 1.165) is 0 Å². The summed E-state index contributed by atoms with van der Waals surface area (Å²) in [7, 11) is -5.39. The van der Waals surface area contributed by atoms with Crippen molar-refractivity contribution in [2.24, 2.45) is 0 Å². The summed E-state index contributed by atoms with van der Waals surface area (Å²) >= 11 is 0. The van der Waals surface area contributed by atoms with Gasteiger partial charge in [-0.3, -0.25) is 0 Å². The van der Waals surface area contributed by atoms with Gasteiger partial charge >= 0.3 is 112 Å². The fraction of sp³-hybridized carbons (Fsp3) is 0. The molecule has 10 heavy (non-hydrogen) atoms. The van der Waals surface area contributed by atoms with Crippen LogP contribution in [0.5, 0.6) is 0 Å². The Morgan fingerprint density at radius 3 is 1.00 bits per heavy atom. The number of rotatable bonds is 0. The standard InChI is InChI=1S/Mg.3Na.H3O4P.H2O.2H/c;;;;1-5(2,3)4;;;/h;;;;(H3,1,2,3,4);1H2;;/q+2;3*+1;;;2*-1/p-3. The predicted octanol–water partition coefficient (Wildman–Crippen LogP) is -12.8. The average Bonchev–Trinajstić information content (AvgIpc) is 0.722. The first kappa shape index (κ1) is 37.1. The van der Waals surface area contributed by atoms with Gasteiger partial charge < -0.3 is 27.6 Å². The Labute approximate surface area is 144 Å². The molecule has 0 aliphatic carbocycles. The Hall–Kier alpha value is 3.84. The van der Waals surface area contributed by atoms with Crippen molar-refractivity contribution in [1.29, 1.82) is 0 Å². The molecule has 0 heterocycles. The van der Waals surface area contributed by atoms with E-state index in [-0.39, 0.29) is 120 Å². The molecule has 0 atom stereocenters. The van der Waals surface area contributed by atoms with Crippen molar-refractivity contribution < 1.29 is 116 Å². The fourth-order valence-electron chi connectivity index (χ4n) is 0. The summed E-state index contributed by atoms with van der Waals surface area (Å²) in [5.41, 5.74) is 0. The SMILES string of the molecule is O.O=P([O-])([O-])[O-].[H-].[H-].[Mg+2].[Na+].[Na+].[Na+]. The van der Waals surface area contributed by atoms with Gasteiger partial charge in [-0.05, 0) is 0 Å². The van der Waals surface area contributed by atoms with E-state index in [0.29, 0.717) is 0 Å². The molecule has 0 radical (unpaired) electrons. The van der Waals surface area contributed by atoms with Crippen LogP contribution in [-0.2, 0) is 4.57 Å². The van der Waals surface area contributed by atoms with Crippen LogP contribution in [0.25, 0.3) is 0 Å². The van der Waals surface area contributed by atoms with E-state index < -0.39 is 7.82 Å². The second-order valence-electron chi connectivity index (χ2n) is 0.447. The minimum absolute atomic E-state index is 0. The maximum absolute atomic E-state index is 8.55. The largest absolute Gasteiger partial charge is 2.00 e. The second-order valence-corrected chi connectivity index (χ2v) is 1.34. The van der Waals surface area contributed by atoms with Crippen LogP contribution in [0, 0.1) is 0 Å².